The molecule has 0 unspecified atom stereocenters. The van der Waals surface area contributed by atoms with Gasteiger partial charge in [-0.3, -0.25) is 4.68 Å². The van der Waals surface area contributed by atoms with Crippen LogP contribution in [0, 0.1) is 6.92 Å². The summed E-state index contributed by atoms with van der Waals surface area (Å²) in [4.78, 5) is 0. The third-order valence-corrected chi connectivity index (χ3v) is 1.29. The number of hydrogen-bond donors (Lipinski definition) is 0. The third-order valence-electron chi connectivity index (χ3n) is 1.29. The molecule has 0 spiro atoms. The van der Waals surface area contributed by atoms with E-state index in [-0.39, 0.29) is 0 Å². The molecule has 14 heavy (non-hydrogen) atoms. The lowest BCUT2D eigenvalue weighted by Gasteiger charge is -1.97. The summed E-state index contributed by atoms with van der Waals surface area (Å²) < 4.78 is 6.77. The van der Waals surface area contributed by atoms with Crippen LogP contribution in [0.1, 0.15) is 33.3 Å². The van der Waals surface area contributed by atoms with Gasteiger partial charge in [0.1, 0.15) is 0 Å². The molecule has 0 saturated heterocycles. The summed E-state index contributed by atoms with van der Waals surface area (Å²) in [5.74, 6) is 0. The maximum Gasteiger partial charge on any atom is 0.0658 e. The first kappa shape index (κ1) is 15.6. The van der Waals surface area contributed by atoms with Crippen molar-refractivity contribution in [2.45, 2.75) is 41.2 Å². The Bertz CT molecular complexity index is 197. The van der Waals surface area contributed by atoms with Crippen LogP contribution in [-0.4, -0.2) is 23.5 Å². The summed E-state index contributed by atoms with van der Waals surface area (Å²) in [6, 6.07) is 0. The zero-order valence-corrected chi connectivity index (χ0v) is 10.4. The molecule has 0 radical (unpaired) electrons. The third kappa shape index (κ3) is 7.80. The van der Waals surface area contributed by atoms with Gasteiger partial charge in [-0.1, -0.05) is 27.7 Å². The van der Waals surface area contributed by atoms with Crippen molar-refractivity contribution in [2.24, 2.45) is 0 Å². The van der Waals surface area contributed by atoms with E-state index < -0.39 is 0 Å². The first-order chi connectivity index (χ1) is 6.83. The quantitative estimate of drug-likeness (QED) is 0.750. The molecule has 0 atom stereocenters. The van der Waals surface area contributed by atoms with Gasteiger partial charge in [-0.2, -0.15) is 5.10 Å². The van der Waals surface area contributed by atoms with Crippen molar-refractivity contribution in [1.82, 2.24) is 9.78 Å². The van der Waals surface area contributed by atoms with Gasteiger partial charge in [-0.05, 0) is 12.5 Å². The zero-order valence-electron chi connectivity index (χ0n) is 10.4. The molecule has 0 N–H and O–H groups in total. The molecular formula is C11H24N2O. The highest BCUT2D eigenvalue weighted by Gasteiger charge is 1.90. The predicted molar refractivity (Wildman–Crippen MR) is 61.5 cm³/mol. The molecular weight excluding hydrogens is 176 g/mol. The van der Waals surface area contributed by atoms with Crippen LogP contribution in [0.15, 0.2) is 12.4 Å². The molecule has 1 heterocycles. The lowest BCUT2D eigenvalue weighted by Crippen LogP contribution is -2.03. The average Bonchev–Trinajstić information content (AvgIpc) is 2.67. The van der Waals surface area contributed by atoms with Crippen molar-refractivity contribution in [3.8, 4) is 0 Å². The van der Waals surface area contributed by atoms with Gasteiger partial charge in [0.2, 0.25) is 0 Å². The number of aryl methyl sites for hydroxylation is 1. The molecule has 1 rings (SSSR count). The smallest absolute Gasteiger partial charge is 0.0658 e. The van der Waals surface area contributed by atoms with Crippen LogP contribution in [0.3, 0.4) is 0 Å². The Hall–Kier alpha value is -0.830. The predicted octanol–water partition coefficient (Wildman–Crippen LogP) is 2.89. The Kier molecular flexibility index (Phi) is 13.6. The van der Waals surface area contributed by atoms with Crippen LogP contribution in [0.5, 0.6) is 0 Å². The molecule has 0 amide bonds. The van der Waals surface area contributed by atoms with Gasteiger partial charge in [-0.25, -0.2) is 0 Å². The van der Waals surface area contributed by atoms with Gasteiger partial charge in [0.05, 0.1) is 19.3 Å². The maximum atomic E-state index is 4.89. The van der Waals surface area contributed by atoms with Crippen molar-refractivity contribution in [2.75, 3.05) is 13.7 Å². The van der Waals surface area contributed by atoms with Gasteiger partial charge < -0.3 is 4.74 Å². The summed E-state index contributed by atoms with van der Waals surface area (Å²) >= 11 is 0. The SMILES string of the molecule is CC.CC.COCCn1cc(C)cn1. The van der Waals surface area contributed by atoms with E-state index in [1.54, 1.807) is 7.11 Å². The summed E-state index contributed by atoms with van der Waals surface area (Å²) in [6.07, 6.45) is 3.84. The molecule has 0 aliphatic carbocycles. The Balaban J connectivity index is 0. The largest absolute Gasteiger partial charge is 0.383 e. The molecule has 84 valence electrons. The second-order valence-electron chi connectivity index (χ2n) is 2.27. The van der Waals surface area contributed by atoms with Gasteiger partial charge in [0.25, 0.3) is 0 Å². The van der Waals surface area contributed by atoms with Crippen molar-refractivity contribution >= 4 is 0 Å². The number of aromatic nitrogens is 2. The van der Waals surface area contributed by atoms with Crippen molar-refractivity contribution in [3.63, 3.8) is 0 Å². The van der Waals surface area contributed by atoms with E-state index in [0.29, 0.717) is 0 Å². The highest BCUT2D eigenvalue weighted by atomic mass is 16.5. The van der Waals surface area contributed by atoms with E-state index in [1.165, 1.54) is 5.56 Å². The van der Waals surface area contributed by atoms with Crippen molar-refractivity contribution < 1.29 is 4.74 Å². The number of nitrogens with zero attached hydrogens (tertiary/aromatic N) is 2. The Morgan fingerprint density at radius 1 is 1.29 bits per heavy atom. The molecule has 0 fully saturated rings. The van der Waals surface area contributed by atoms with Crippen molar-refractivity contribution in [3.05, 3.63) is 18.0 Å². The van der Waals surface area contributed by atoms with E-state index in [2.05, 4.69) is 5.10 Å². The highest BCUT2D eigenvalue weighted by Crippen LogP contribution is 1.92. The summed E-state index contributed by atoms with van der Waals surface area (Å²) in [5, 5.41) is 4.09. The van der Waals surface area contributed by atoms with E-state index in [4.69, 9.17) is 4.74 Å². The fraction of sp³-hybridized carbons (Fsp3) is 0.727. The molecule has 1 aromatic rings. The van der Waals surface area contributed by atoms with Crippen LogP contribution < -0.4 is 0 Å². The van der Waals surface area contributed by atoms with Gasteiger partial charge in [0, 0.05) is 13.3 Å². The fourth-order valence-electron chi connectivity index (χ4n) is 0.774. The van der Waals surface area contributed by atoms with Gasteiger partial charge >= 0.3 is 0 Å². The monoisotopic (exact) mass is 200 g/mol. The summed E-state index contributed by atoms with van der Waals surface area (Å²) in [6.45, 7) is 11.6. The van der Waals surface area contributed by atoms with Crippen LogP contribution in [0.25, 0.3) is 0 Å². The maximum absolute atomic E-state index is 4.89. The van der Waals surface area contributed by atoms with Crippen LogP contribution >= 0.6 is 0 Å². The molecule has 1 aromatic heterocycles. The normalized spacial score (nSPS) is 8.14. The standard InChI is InChI=1S/C7H12N2O.2C2H6/c1-7-5-8-9(6-7)3-4-10-2;2*1-2/h5-6H,3-4H2,1-2H3;2*1-2H3. The second-order valence-corrected chi connectivity index (χ2v) is 2.27. The van der Waals surface area contributed by atoms with E-state index >= 15 is 0 Å². The molecule has 3 heteroatoms. The zero-order chi connectivity index (χ0) is 11.4. The number of rotatable bonds is 3. The fourth-order valence-corrected chi connectivity index (χ4v) is 0.774. The molecule has 0 aliphatic heterocycles. The van der Waals surface area contributed by atoms with E-state index in [1.807, 2.05) is 51.7 Å². The summed E-state index contributed by atoms with van der Waals surface area (Å²) in [5.41, 5.74) is 1.19. The van der Waals surface area contributed by atoms with Gasteiger partial charge in [-0.15, -0.1) is 0 Å². The number of methoxy groups -OCH3 is 1. The second kappa shape index (κ2) is 12.2. The van der Waals surface area contributed by atoms with E-state index in [9.17, 15) is 0 Å². The Labute approximate surface area is 88.1 Å². The number of hydrogen-bond acceptors (Lipinski definition) is 2. The van der Waals surface area contributed by atoms with Crippen LogP contribution in [0.2, 0.25) is 0 Å². The molecule has 0 aromatic carbocycles. The summed E-state index contributed by atoms with van der Waals surface area (Å²) in [7, 11) is 1.69. The minimum atomic E-state index is 0.723. The molecule has 0 saturated carbocycles. The minimum Gasteiger partial charge on any atom is -0.383 e. The topological polar surface area (TPSA) is 27.1 Å². The van der Waals surface area contributed by atoms with E-state index in [0.717, 1.165) is 13.2 Å². The number of ether oxygens (including phenoxy) is 1. The molecule has 3 nitrogen and oxygen atoms in total. The van der Waals surface area contributed by atoms with Gasteiger partial charge in [0.15, 0.2) is 0 Å². The molecule has 0 aliphatic rings. The highest BCUT2D eigenvalue weighted by molar-refractivity contribution is 4.99. The first-order valence-electron chi connectivity index (χ1n) is 5.31. The Morgan fingerprint density at radius 3 is 2.21 bits per heavy atom. The average molecular weight is 200 g/mol. The molecule has 0 bridgehead atoms. The van der Waals surface area contributed by atoms with Crippen LogP contribution in [0.4, 0.5) is 0 Å². The first-order valence-corrected chi connectivity index (χ1v) is 5.31. The Morgan fingerprint density at radius 2 is 1.86 bits per heavy atom. The van der Waals surface area contributed by atoms with Crippen molar-refractivity contribution in [1.29, 1.82) is 0 Å². The lowest BCUT2D eigenvalue weighted by atomic mass is 10.4. The lowest BCUT2D eigenvalue weighted by molar-refractivity contribution is 0.183. The van der Waals surface area contributed by atoms with Crippen LogP contribution in [-0.2, 0) is 11.3 Å². The minimum absolute atomic E-state index is 0.723.